The Hall–Kier alpha value is -4.69. The molecular formula is C27H27ClFN7O6. The van der Waals surface area contributed by atoms with Crippen LogP contribution in [0, 0.1) is 5.82 Å². The maximum absolute atomic E-state index is 15.6. The van der Waals surface area contributed by atoms with Crippen molar-refractivity contribution in [2.45, 2.75) is 19.5 Å². The van der Waals surface area contributed by atoms with E-state index in [9.17, 15) is 19.5 Å². The Morgan fingerprint density at radius 2 is 2.07 bits per heavy atom. The molecule has 0 radical (unpaired) electrons. The van der Waals surface area contributed by atoms with Gasteiger partial charge in [0.05, 0.1) is 60.5 Å². The number of carbonyl (C=O) groups excluding carboxylic acids is 2. The number of aromatic nitrogens is 4. The highest BCUT2D eigenvalue weighted by Crippen LogP contribution is 2.41. The van der Waals surface area contributed by atoms with Gasteiger partial charge in [-0.3, -0.25) is 14.4 Å². The van der Waals surface area contributed by atoms with Crippen LogP contribution in [-0.4, -0.2) is 68.9 Å². The summed E-state index contributed by atoms with van der Waals surface area (Å²) in [7, 11) is 2.57. The molecular weight excluding hydrogens is 573 g/mol. The molecule has 1 aliphatic heterocycles. The predicted molar refractivity (Wildman–Crippen MR) is 153 cm³/mol. The van der Waals surface area contributed by atoms with Gasteiger partial charge in [-0.2, -0.15) is 0 Å². The summed E-state index contributed by atoms with van der Waals surface area (Å²) in [4.78, 5) is 49.1. The van der Waals surface area contributed by atoms with Crippen LogP contribution < -0.4 is 26.2 Å². The number of fused-ring (bicyclic) bond motifs is 1. The van der Waals surface area contributed by atoms with Crippen LogP contribution in [0.5, 0.6) is 11.5 Å². The van der Waals surface area contributed by atoms with Gasteiger partial charge in [-0.25, -0.2) is 14.4 Å². The van der Waals surface area contributed by atoms with Crippen molar-refractivity contribution in [1.29, 1.82) is 0 Å². The third-order valence-electron chi connectivity index (χ3n) is 6.98. The molecule has 1 saturated heterocycles. The number of amides is 2. The first-order valence-electron chi connectivity index (χ1n) is 12.8. The first kappa shape index (κ1) is 28.8. The first-order chi connectivity index (χ1) is 20.0. The Morgan fingerprint density at radius 1 is 1.31 bits per heavy atom. The van der Waals surface area contributed by atoms with Gasteiger partial charge in [-0.15, -0.1) is 0 Å². The van der Waals surface area contributed by atoms with Crippen molar-refractivity contribution in [2.75, 3.05) is 37.1 Å². The summed E-state index contributed by atoms with van der Waals surface area (Å²) in [5.74, 6) is -3.38. The summed E-state index contributed by atoms with van der Waals surface area (Å²) in [6.45, 7) is 3.37. The van der Waals surface area contributed by atoms with Gasteiger partial charge in [0, 0.05) is 37.0 Å². The molecule has 0 aliphatic carbocycles. The van der Waals surface area contributed by atoms with E-state index in [4.69, 9.17) is 26.8 Å². The Kier molecular flexibility index (Phi) is 7.75. The number of nitrogens with zero attached hydrogens (tertiary/aromatic N) is 5. The number of methoxy groups -OCH3 is 1. The summed E-state index contributed by atoms with van der Waals surface area (Å²) in [6.07, 6.45) is 4.06. The number of phenols is 1. The van der Waals surface area contributed by atoms with Crippen LogP contribution in [0.4, 0.5) is 15.9 Å². The van der Waals surface area contributed by atoms with E-state index in [1.807, 2.05) is 11.8 Å². The highest BCUT2D eigenvalue weighted by atomic mass is 35.5. The minimum Gasteiger partial charge on any atom is -0.504 e. The van der Waals surface area contributed by atoms with Crippen molar-refractivity contribution < 1.29 is 28.6 Å². The fourth-order valence-corrected chi connectivity index (χ4v) is 5.03. The number of benzene rings is 1. The fourth-order valence-electron chi connectivity index (χ4n) is 4.88. The van der Waals surface area contributed by atoms with Crippen LogP contribution >= 0.6 is 11.6 Å². The van der Waals surface area contributed by atoms with Gasteiger partial charge in [-0.1, -0.05) is 11.6 Å². The molecule has 1 fully saturated rings. The minimum atomic E-state index is -1.04. The number of aromatic hydroxyl groups is 1. The standard InChI is InChI=1S/C27H27ClFN7O6/c1-13-11-42-5-4-36(13)19-7-18(17(28)8-31-19)33-20(37)10-35-9-16(21-26(35)32-12-34(2)27(21)40)14-6-15(25(30)39)23(38)24(41-3)22(14)29/h6-9,12-13,38H,4-5,10-11H2,1-3H3,(H2,30,39)(H,31,33,37)/t13-/m0/s1. The number of rotatable bonds is 7. The molecule has 4 heterocycles. The van der Waals surface area contributed by atoms with Crippen molar-refractivity contribution in [3.63, 3.8) is 0 Å². The van der Waals surface area contributed by atoms with E-state index in [1.54, 1.807) is 6.07 Å². The van der Waals surface area contributed by atoms with Crippen LogP contribution in [0.2, 0.25) is 5.02 Å². The zero-order valence-electron chi connectivity index (χ0n) is 22.9. The maximum atomic E-state index is 15.6. The quantitative estimate of drug-likeness (QED) is 0.289. The number of carbonyl (C=O) groups is 2. The summed E-state index contributed by atoms with van der Waals surface area (Å²) in [5.41, 5.74) is 4.59. The number of nitrogens with two attached hydrogens (primary N) is 1. The molecule has 0 spiro atoms. The molecule has 4 aromatic rings. The number of hydrogen-bond donors (Lipinski definition) is 3. The lowest BCUT2D eigenvalue weighted by atomic mass is 10.0. The van der Waals surface area contributed by atoms with Crippen molar-refractivity contribution in [1.82, 2.24) is 19.1 Å². The third-order valence-corrected chi connectivity index (χ3v) is 7.28. The average molecular weight is 600 g/mol. The van der Waals surface area contributed by atoms with Crippen LogP contribution in [0.15, 0.2) is 35.6 Å². The molecule has 42 heavy (non-hydrogen) atoms. The zero-order valence-corrected chi connectivity index (χ0v) is 23.6. The first-order valence-corrected chi connectivity index (χ1v) is 13.1. The van der Waals surface area contributed by atoms with Gasteiger partial charge in [-0.05, 0) is 13.0 Å². The monoisotopic (exact) mass is 599 g/mol. The normalized spacial score (nSPS) is 15.2. The molecule has 1 aromatic carbocycles. The van der Waals surface area contributed by atoms with Crippen LogP contribution in [0.25, 0.3) is 22.2 Å². The second kappa shape index (κ2) is 11.3. The van der Waals surface area contributed by atoms with Crippen LogP contribution in [-0.2, 0) is 23.1 Å². The molecule has 220 valence electrons. The molecule has 1 aliphatic rings. The van der Waals surface area contributed by atoms with Crippen molar-refractivity contribution >= 4 is 46.0 Å². The van der Waals surface area contributed by atoms with Crippen molar-refractivity contribution in [2.24, 2.45) is 12.8 Å². The van der Waals surface area contributed by atoms with Crippen LogP contribution in [0.1, 0.15) is 17.3 Å². The lowest BCUT2D eigenvalue weighted by molar-refractivity contribution is -0.116. The smallest absolute Gasteiger partial charge is 0.263 e. The molecule has 0 bridgehead atoms. The van der Waals surface area contributed by atoms with E-state index in [2.05, 4.69) is 15.3 Å². The highest BCUT2D eigenvalue weighted by molar-refractivity contribution is 6.33. The molecule has 2 amide bonds. The van der Waals surface area contributed by atoms with Crippen LogP contribution in [0.3, 0.4) is 0 Å². The Balaban J connectivity index is 1.55. The Bertz CT molecular complexity index is 1790. The number of morpholine rings is 1. The molecule has 0 unspecified atom stereocenters. The molecule has 15 heteroatoms. The molecule has 1 atom stereocenters. The molecule has 3 aromatic heterocycles. The summed E-state index contributed by atoms with van der Waals surface area (Å²) in [5, 5.41) is 13.3. The Morgan fingerprint density at radius 3 is 2.76 bits per heavy atom. The average Bonchev–Trinajstić information content (AvgIpc) is 3.30. The van der Waals surface area contributed by atoms with Gasteiger partial charge in [0.25, 0.3) is 11.5 Å². The van der Waals surface area contributed by atoms with E-state index < -0.39 is 40.3 Å². The number of ether oxygens (including phenoxy) is 2. The van der Waals surface area contributed by atoms with Gasteiger partial charge in [0.2, 0.25) is 5.91 Å². The summed E-state index contributed by atoms with van der Waals surface area (Å²) < 4.78 is 28.6. The largest absolute Gasteiger partial charge is 0.504 e. The molecule has 5 rings (SSSR count). The topological polar surface area (TPSA) is 167 Å². The lowest BCUT2D eigenvalue weighted by Gasteiger charge is -2.34. The van der Waals surface area contributed by atoms with Crippen molar-refractivity contribution in [3.05, 3.63) is 57.6 Å². The Labute approximate surface area is 243 Å². The number of hydrogen-bond acceptors (Lipinski definition) is 9. The number of anilines is 2. The lowest BCUT2D eigenvalue weighted by Crippen LogP contribution is -2.44. The van der Waals surface area contributed by atoms with E-state index in [-0.39, 0.29) is 39.8 Å². The summed E-state index contributed by atoms with van der Waals surface area (Å²) in [6, 6.07) is 2.76. The number of pyridine rings is 1. The second-order valence-electron chi connectivity index (χ2n) is 9.75. The third kappa shape index (κ3) is 5.10. The zero-order chi connectivity index (χ0) is 30.3. The number of halogens is 2. The minimum absolute atomic E-state index is 0.00957. The number of nitrogens with one attached hydrogen (secondary N) is 1. The molecule has 13 nitrogen and oxygen atoms in total. The highest BCUT2D eigenvalue weighted by Gasteiger charge is 2.27. The maximum Gasteiger partial charge on any atom is 0.263 e. The fraction of sp³-hybridized carbons (Fsp3) is 0.296. The summed E-state index contributed by atoms with van der Waals surface area (Å²) >= 11 is 6.34. The SMILES string of the molecule is COc1c(O)c(C(N)=O)cc(-c2cn(CC(=O)Nc3cc(N4CCOC[C@@H]4C)ncc3Cl)c3ncn(C)c(=O)c23)c1F. The van der Waals surface area contributed by atoms with Gasteiger partial charge in [0.1, 0.15) is 18.0 Å². The molecule has 4 N–H and O–H groups in total. The van der Waals surface area contributed by atoms with E-state index in [1.165, 1.54) is 34.9 Å². The van der Waals surface area contributed by atoms with Gasteiger partial charge in [0.15, 0.2) is 17.3 Å². The number of primary amides is 1. The van der Waals surface area contributed by atoms with Gasteiger partial charge >= 0.3 is 0 Å². The molecule has 0 saturated carbocycles. The van der Waals surface area contributed by atoms with E-state index >= 15 is 4.39 Å². The van der Waals surface area contributed by atoms with E-state index in [0.717, 1.165) is 13.2 Å². The second-order valence-corrected chi connectivity index (χ2v) is 10.2. The number of aryl methyl sites for hydroxylation is 1. The van der Waals surface area contributed by atoms with Gasteiger partial charge < -0.3 is 39.7 Å². The van der Waals surface area contributed by atoms with E-state index in [0.29, 0.717) is 31.3 Å². The predicted octanol–water partition coefficient (Wildman–Crippen LogP) is 2.27. The van der Waals surface area contributed by atoms with Crippen molar-refractivity contribution in [3.8, 4) is 22.6 Å².